The van der Waals surface area contributed by atoms with E-state index in [9.17, 15) is 10.1 Å². The molecule has 0 fully saturated rings. The van der Waals surface area contributed by atoms with Crippen molar-refractivity contribution in [1.82, 2.24) is 5.32 Å². The van der Waals surface area contributed by atoms with Crippen molar-refractivity contribution in [3.63, 3.8) is 0 Å². The number of nitrogens with zero attached hydrogens (tertiary/aromatic N) is 1. The van der Waals surface area contributed by atoms with Gasteiger partial charge in [0.2, 0.25) is 0 Å². The minimum absolute atomic E-state index is 0.214. The zero-order valence-electron chi connectivity index (χ0n) is 8.32. The SMILES string of the molecule is CC(C)CNCc1ccc([N+](=O)[O-])s1. The molecular formula is C9H14N2O2S. The van der Waals surface area contributed by atoms with Gasteiger partial charge >= 0.3 is 5.00 Å². The van der Waals surface area contributed by atoms with Crippen LogP contribution in [0.25, 0.3) is 0 Å². The van der Waals surface area contributed by atoms with E-state index in [1.54, 1.807) is 12.1 Å². The Balaban J connectivity index is 2.40. The van der Waals surface area contributed by atoms with Crippen LogP contribution in [0.3, 0.4) is 0 Å². The summed E-state index contributed by atoms with van der Waals surface area (Å²) in [6, 6.07) is 3.35. The smallest absolute Gasteiger partial charge is 0.312 e. The molecule has 0 saturated heterocycles. The molecule has 0 aliphatic heterocycles. The van der Waals surface area contributed by atoms with Crippen LogP contribution in [0.5, 0.6) is 0 Å². The maximum absolute atomic E-state index is 10.4. The Labute approximate surface area is 87.1 Å². The van der Waals surface area contributed by atoms with Gasteiger partial charge in [-0.1, -0.05) is 25.2 Å². The summed E-state index contributed by atoms with van der Waals surface area (Å²) in [5.74, 6) is 0.602. The Hall–Kier alpha value is -0.940. The van der Waals surface area contributed by atoms with Crippen molar-refractivity contribution in [3.05, 3.63) is 27.1 Å². The van der Waals surface area contributed by atoms with Gasteiger partial charge in [-0.05, 0) is 18.5 Å². The summed E-state index contributed by atoms with van der Waals surface area (Å²) in [6.45, 7) is 5.91. The van der Waals surface area contributed by atoms with Crippen molar-refractivity contribution < 1.29 is 4.92 Å². The number of hydrogen-bond donors (Lipinski definition) is 1. The standard InChI is InChI=1S/C9H14N2O2S/c1-7(2)5-10-6-8-3-4-9(14-8)11(12)13/h3-4,7,10H,5-6H2,1-2H3. The first-order valence-corrected chi connectivity index (χ1v) is 5.35. The van der Waals surface area contributed by atoms with Gasteiger partial charge in [-0.15, -0.1) is 0 Å². The summed E-state index contributed by atoms with van der Waals surface area (Å²) in [5, 5.41) is 13.8. The Morgan fingerprint density at radius 3 is 2.79 bits per heavy atom. The third-order valence-electron chi connectivity index (χ3n) is 1.68. The highest BCUT2D eigenvalue weighted by molar-refractivity contribution is 7.15. The van der Waals surface area contributed by atoms with E-state index in [4.69, 9.17) is 0 Å². The molecule has 4 nitrogen and oxygen atoms in total. The van der Waals surface area contributed by atoms with Crippen molar-refractivity contribution in [2.75, 3.05) is 6.54 Å². The second kappa shape index (κ2) is 5.07. The fourth-order valence-electron chi connectivity index (χ4n) is 1.04. The van der Waals surface area contributed by atoms with Gasteiger partial charge in [-0.25, -0.2) is 0 Å². The van der Waals surface area contributed by atoms with E-state index in [1.807, 2.05) is 0 Å². The number of nitro groups is 1. The predicted molar refractivity (Wildman–Crippen MR) is 57.5 cm³/mol. The molecule has 1 heterocycles. The van der Waals surface area contributed by atoms with E-state index >= 15 is 0 Å². The molecule has 0 aromatic carbocycles. The molecule has 0 bridgehead atoms. The van der Waals surface area contributed by atoms with Gasteiger partial charge in [-0.2, -0.15) is 0 Å². The molecule has 0 aliphatic rings. The molecule has 1 N–H and O–H groups in total. The number of hydrogen-bond acceptors (Lipinski definition) is 4. The minimum Gasteiger partial charge on any atom is -0.312 e. The maximum atomic E-state index is 10.4. The van der Waals surface area contributed by atoms with E-state index in [2.05, 4.69) is 19.2 Å². The molecule has 0 spiro atoms. The Kier molecular flexibility index (Phi) is 4.03. The lowest BCUT2D eigenvalue weighted by Crippen LogP contribution is -2.18. The highest BCUT2D eigenvalue weighted by Crippen LogP contribution is 2.23. The lowest BCUT2D eigenvalue weighted by atomic mass is 10.2. The van der Waals surface area contributed by atoms with Crippen LogP contribution in [0.1, 0.15) is 18.7 Å². The molecule has 78 valence electrons. The van der Waals surface area contributed by atoms with Gasteiger partial charge in [0, 0.05) is 17.5 Å². The molecule has 0 aliphatic carbocycles. The molecule has 0 amide bonds. The summed E-state index contributed by atoms with van der Waals surface area (Å²) in [7, 11) is 0. The van der Waals surface area contributed by atoms with Gasteiger partial charge in [0.15, 0.2) is 0 Å². The summed E-state index contributed by atoms with van der Waals surface area (Å²) < 4.78 is 0. The molecule has 1 aromatic heterocycles. The molecular weight excluding hydrogens is 200 g/mol. The zero-order chi connectivity index (χ0) is 10.6. The van der Waals surface area contributed by atoms with Gasteiger partial charge in [0.1, 0.15) is 0 Å². The summed E-state index contributed by atoms with van der Waals surface area (Å²) in [4.78, 5) is 11.1. The van der Waals surface area contributed by atoms with Gasteiger partial charge in [0.05, 0.1) is 4.92 Å². The van der Waals surface area contributed by atoms with E-state index < -0.39 is 0 Å². The van der Waals surface area contributed by atoms with Crippen LogP contribution < -0.4 is 5.32 Å². The van der Waals surface area contributed by atoms with Crippen molar-refractivity contribution in [2.45, 2.75) is 20.4 Å². The molecule has 0 radical (unpaired) electrons. The average Bonchev–Trinajstić information content (AvgIpc) is 2.52. The van der Waals surface area contributed by atoms with Crippen LogP contribution in [0.15, 0.2) is 12.1 Å². The molecule has 5 heteroatoms. The van der Waals surface area contributed by atoms with Crippen molar-refractivity contribution in [1.29, 1.82) is 0 Å². The van der Waals surface area contributed by atoms with Crippen LogP contribution in [-0.2, 0) is 6.54 Å². The van der Waals surface area contributed by atoms with Crippen molar-refractivity contribution >= 4 is 16.3 Å². The molecule has 0 atom stereocenters. The Morgan fingerprint density at radius 2 is 2.29 bits per heavy atom. The predicted octanol–water partition coefficient (Wildman–Crippen LogP) is 2.40. The first-order chi connectivity index (χ1) is 6.59. The zero-order valence-corrected chi connectivity index (χ0v) is 9.13. The molecule has 14 heavy (non-hydrogen) atoms. The lowest BCUT2D eigenvalue weighted by molar-refractivity contribution is -0.380. The van der Waals surface area contributed by atoms with Crippen LogP contribution in [0.2, 0.25) is 0 Å². The second-order valence-electron chi connectivity index (χ2n) is 3.52. The number of rotatable bonds is 5. The van der Waals surface area contributed by atoms with E-state index in [1.165, 1.54) is 11.3 Å². The van der Waals surface area contributed by atoms with Crippen LogP contribution in [0, 0.1) is 16.0 Å². The quantitative estimate of drug-likeness (QED) is 0.605. The molecule has 0 unspecified atom stereocenters. The third kappa shape index (κ3) is 3.43. The van der Waals surface area contributed by atoms with Crippen LogP contribution in [0.4, 0.5) is 5.00 Å². The summed E-state index contributed by atoms with van der Waals surface area (Å²) in [6.07, 6.45) is 0. The molecule has 1 aromatic rings. The molecule has 0 saturated carbocycles. The minimum atomic E-state index is -0.351. The monoisotopic (exact) mass is 214 g/mol. The van der Waals surface area contributed by atoms with E-state index in [0.717, 1.165) is 18.0 Å². The highest BCUT2D eigenvalue weighted by atomic mass is 32.1. The second-order valence-corrected chi connectivity index (χ2v) is 4.67. The van der Waals surface area contributed by atoms with Crippen molar-refractivity contribution in [2.24, 2.45) is 5.92 Å². The Morgan fingerprint density at radius 1 is 1.57 bits per heavy atom. The third-order valence-corrected chi connectivity index (χ3v) is 2.72. The van der Waals surface area contributed by atoms with Gasteiger partial charge in [-0.3, -0.25) is 10.1 Å². The number of thiophene rings is 1. The average molecular weight is 214 g/mol. The van der Waals surface area contributed by atoms with Gasteiger partial charge in [0.25, 0.3) is 0 Å². The fourth-order valence-corrected chi connectivity index (χ4v) is 1.83. The van der Waals surface area contributed by atoms with Crippen LogP contribution >= 0.6 is 11.3 Å². The number of nitrogens with one attached hydrogen (secondary N) is 1. The van der Waals surface area contributed by atoms with Gasteiger partial charge < -0.3 is 5.32 Å². The first kappa shape index (κ1) is 11.1. The van der Waals surface area contributed by atoms with Crippen LogP contribution in [-0.4, -0.2) is 11.5 Å². The largest absolute Gasteiger partial charge is 0.324 e. The highest BCUT2D eigenvalue weighted by Gasteiger charge is 2.08. The van der Waals surface area contributed by atoms with Crippen molar-refractivity contribution in [3.8, 4) is 0 Å². The normalized spacial score (nSPS) is 10.8. The Bertz CT molecular complexity index is 310. The van der Waals surface area contributed by atoms with E-state index in [-0.39, 0.29) is 9.92 Å². The molecule has 1 rings (SSSR count). The summed E-state index contributed by atoms with van der Waals surface area (Å²) >= 11 is 1.23. The van der Waals surface area contributed by atoms with E-state index in [0.29, 0.717) is 5.92 Å². The fraction of sp³-hybridized carbons (Fsp3) is 0.556. The lowest BCUT2D eigenvalue weighted by Gasteiger charge is -2.04. The summed E-state index contributed by atoms with van der Waals surface area (Å²) in [5.41, 5.74) is 0. The first-order valence-electron chi connectivity index (χ1n) is 4.53. The topological polar surface area (TPSA) is 55.2 Å². The maximum Gasteiger partial charge on any atom is 0.324 e.